The lowest BCUT2D eigenvalue weighted by Crippen LogP contribution is -2.16. The molecule has 0 aliphatic rings. The van der Waals surface area contributed by atoms with Crippen LogP contribution in [0.5, 0.6) is 0 Å². The maximum absolute atomic E-state index is 12.8. The summed E-state index contributed by atoms with van der Waals surface area (Å²) in [5.74, 6) is -0.623. The molecule has 0 bridgehead atoms. The summed E-state index contributed by atoms with van der Waals surface area (Å²) in [6, 6.07) is 9.90. The molecule has 3 nitrogen and oxygen atoms in total. The summed E-state index contributed by atoms with van der Waals surface area (Å²) in [6.07, 6.45) is -2.23. The fourth-order valence-corrected chi connectivity index (χ4v) is 2.70. The van der Waals surface area contributed by atoms with Gasteiger partial charge in [0.15, 0.2) is 0 Å². The van der Waals surface area contributed by atoms with Crippen LogP contribution in [0.1, 0.15) is 22.7 Å². The summed E-state index contributed by atoms with van der Waals surface area (Å²) in [7, 11) is 3.57. The number of rotatable bonds is 4. The van der Waals surface area contributed by atoms with Crippen LogP contribution >= 0.6 is 23.8 Å². The van der Waals surface area contributed by atoms with E-state index in [4.69, 9.17) is 23.8 Å². The Hall–Kier alpha value is -1.99. The summed E-state index contributed by atoms with van der Waals surface area (Å²) in [6.45, 7) is 0. The molecule has 1 heterocycles. The van der Waals surface area contributed by atoms with E-state index in [0.29, 0.717) is 0 Å². The fourth-order valence-electron chi connectivity index (χ4n) is 2.13. The van der Waals surface area contributed by atoms with Crippen LogP contribution in [-0.4, -0.2) is 35.3 Å². The molecule has 0 unspecified atom stereocenters. The molecular formula is C17H15ClF3N3S. The molecule has 1 aromatic carbocycles. The lowest BCUT2D eigenvalue weighted by Gasteiger charge is -2.18. The lowest BCUT2D eigenvalue weighted by molar-refractivity contribution is -0.137. The predicted octanol–water partition coefficient (Wildman–Crippen LogP) is 4.80. The molecule has 0 saturated heterocycles. The standard InChI is InChI=1S/C17H15ClF3N3S/c1-24(2)10-23-16(25)14(11-6-4-3-5-7-11)15-13(18)8-12(9-22-15)17(19,20)21/h3-10,14H,1-2H3/t14-/m0/s1. The van der Waals surface area contributed by atoms with Crippen molar-refractivity contribution in [2.24, 2.45) is 4.99 Å². The highest BCUT2D eigenvalue weighted by Crippen LogP contribution is 2.35. The Bertz CT molecular complexity index is 776. The molecule has 0 aliphatic carbocycles. The normalized spacial score (nSPS) is 13.0. The maximum Gasteiger partial charge on any atom is 0.417 e. The van der Waals surface area contributed by atoms with Crippen molar-refractivity contribution >= 4 is 35.1 Å². The Kier molecular flexibility index (Phi) is 6.13. The van der Waals surface area contributed by atoms with E-state index in [1.54, 1.807) is 43.3 Å². The highest BCUT2D eigenvalue weighted by molar-refractivity contribution is 7.80. The van der Waals surface area contributed by atoms with Crippen molar-refractivity contribution in [3.8, 4) is 0 Å². The van der Waals surface area contributed by atoms with E-state index in [1.807, 2.05) is 6.07 Å². The van der Waals surface area contributed by atoms with Crippen LogP contribution in [0.4, 0.5) is 13.2 Å². The molecule has 1 atom stereocenters. The van der Waals surface area contributed by atoms with Crippen molar-refractivity contribution in [2.45, 2.75) is 12.1 Å². The Morgan fingerprint density at radius 1 is 1.28 bits per heavy atom. The Labute approximate surface area is 154 Å². The first kappa shape index (κ1) is 19.3. The molecule has 0 saturated carbocycles. The molecule has 2 aromatic rings. The number of aromatic nitrogens is 1. The molecule has 25 heavy (non-hydrogen) atoms. The van der Waals surface area contributed by atoms with E-state index in [1.165, 1.54) is 6.34 Å². The third-order valence-electron chi connectivity index (χ3n) is 3.27. The second-order valence-electron chi connectivity index (χ2n) is 5.48. The third-order valence-corrected chi connectivity index (χ3v) is 3.91. The third kappa shape index (κ3) is 4.99. The monoisotopic (exact) mass is 385 g/mol. The minimum absolute atomic E-state index is 0.105. The Morgan fingerprint density at radius 3 is 2.44 bits per heavy atom. The zero-order chi connectivity index (χ0) is 18.6. The van der Waals surface area contributed by atoms with Crippen LogP contribution in [0.25, 0.3) is 0 Å². The van der Waals surface area contributed by atoms with Gasteiger partial charge in [-0.2, -0.15) is 13.2 Å². The van der Waals surface area contributed by atoms with Crippen molar-refractivity contribution in [1.82, 2.24) is 9.88 Å². The fraction of sp³-hybridized carbons (Fsp3) is 0.235. The van der Waals surface area contributed by atoms with Crippen molar-refractivity contribution in [2.75, 3.05) is 14.1 Å². The maximum atomic E-state index is 12.8. The van der Waals surface area contributed by atoms with Gasteiger partial charge in [0.25, 0.3) is 0 Å². The van der Waals surface area contributed by atoms with Gasteiger partial charge in [0.1, 0.15) is 4.99 Å². The molecule has 8 heteroatoms. The van der Waals surface area contributed by atoms with Crippen LogP contribution in [0, 0.1) is 0 Å². The summed E-state index contributed by atoms with van der Waals surface area (Å²) < 4.78 is 38.5. The number of alkyl halides is 3. The lowest BCUT2D eigenvalue weighted by atomic mass is 9.94. The predicted molar refractivity (Wildman–Crippen MR) is 97.3 cm³/mol. The van der Waals surface area contributed by atoms with E-state index in [2.05, 4.69) is 9.98 Å². The van der Waals surface area contributed by atoms with Gasteiger partial charge in [0.05, 0.1) is 28.5 Å². The Morgan fingerprint density at radius 2 is 1.92 bits per heavy atom. The van der Waals surface area contributed by atoms with Crippen molar-refractivity contribution in [3.63, 3.8) is 0 Å². The van der Waals surface area contributed by atoms with Gasteiger partial charge < -0.3 is 4.90 Å². The number of benzene rings is 1. The van der Waals surface area contributed by atoms with Gasteiger partial charge in [-0.1, -0.05) is 54.2 Å². The molecular weight excluding hydrogens is 371 g/mol. The minimum Gasteiger partial charge on any atom is -0.369 e. The molecule has 0 N–H and O–H groups in total. The number of nitrogens with zero attached hydrogens (tertiary/aromatic N) is 3. The van der Waals surface area contributed by atoms with Crippen LogP contribution in [0.3, 0.4) is 0 Å². The molecule has 2 rings (SSSR count). The molecule has 0 amide bonds. The zero-order valence-electron chi connectivity index (χ0n) is 13.5. The zero-order valence-corrected chi connectivity index (χ0v) is 15.0. The summed E-state index contributed by atoms with van der Waals surface area (Å²) >= 11 is 11.5. The molecule has 0 fully saturated rings. The average molecular weight is 386 g/mol. The van der Waals surface area contributed by atoms with E-state index in [-0.39, 0.29) is 15.7 Å². The van der Waals surface area contributed by atoms with Gasteiger partial charge in [-0.15, -0.1) is 0 Å². The second-order valence-corrected chi connectivity index (χ2v) is 6.30. The quantitative estimate of drug-likeness (QED) is 0.430. The van der Waals surface area contributed by atoms with Crippen molar-refractivity contribution in [3.05, 3.63) is 64.4 Å². The van der Waals surface area contributed by atoms with Crippen LogP contribution in [0.15, 0.2) is 47.6 Å². The molecule has 0 radical (unpaired) electrons. The number of aliphatic imine (C=N–C) groups is 1. The van der Waals surface area contributed by atoms with Gasteiger partial charge in [-0.25, -0.2) is 4.99 Å². The van der Waals surface area contributed by atoms with Crippen LogP contribution < -0.4 is 0 Å². The van der Waals surface area contributed by atoms with Gasteiger partial charge >= 0.3 is 6.18 Å². The van der Waals surface area contributed by atoms with Crippen LogP contribution in [0.2, 0.25) is 5.02 Å². The average Bonchev–Trinajstić information content (AvgIpc) is 2.54. The first-order valence-corrected chi connectivity index (χ1v) is 8.01. The molecule has 0 aliphatic heterocycles. The van der Waals surface area contributed by atoms with Gasteiger partial charge in [-0.05, 0) is 11.6 Å². The highest BCUT2D eigenvalue weighted by Gasteiger charge is 2.33. The highest BCUT2D eigenvalue weighted by atomic mass is 35.5. The topological polar surface area (TPSA) is 28.5 Å². The van der Waals surface area contributed by atoms with E-state index in [0.717, 1.165) is 17.8 Å². The number of hydrogen-bond acceptors (Lipinski definition) is 2. The summed E-state index contributed by atoms with van der Waals surface area (Å²) in [5.41, 5.74) is 0.0788. The summed E-state index contributed by atoms with van der Waals surface area (Å²) in [4.78, 5) is 10.1. The van der Waals surface area contributed by atoms with Crippen molar-refractivity contribution in [1.29, 1.82) is 0 Å². The van der Waals surface area contributed by atoms with E-state index < -0.39 is 17.7 Å². The van der Waals surface area contributed by atoms with Gasteiger partial charge in [-0.3, -0.25) is 4.98 Å². The van der Waals surface area contributed by atoms with Crippen molar-refractivity contribution < 1.29 is 13.2 Å². The minimum atomic E-state index is -4.51. The first-order chi connectivity index (χ1) is 11.7. The number of thiocarbonyl (C=S) groups is 1. The number of halogens is 4. The van der Waals surface area contributed by atoms with Crippen LogP contribution in [-0.2, 0) is 6.18 Å². The SMILES string of the molecule is CN(C)C=NC(=S)[C@@H](c1ccccc1)c1ncc(C(F)(F)F)cc1Cl. The smallest absolute Gasteiger partial charge is 0.369 e. The molecule has 0 spiro atoms. The number of hydrogen-bond donors (Lipinski definition) is 0. The van der Waals surface area contributed by atoms with E-state index in [9.17, 15) is 13.2 Å². The first-order valence-electron chi connectivity index (χ1n) is 7.22. The van der Waals surface area contributed by atoms with Gasteiger partial charge in [0, 0.05) is 20.3 Å². The largest absolute Gasteiger partial charge is 0.417 e. The van der Waals surface area contributed by atoms with E-state index >= 15 is 0 Å². The van der Waals surface area contributed by atoms with Gasteiger partial charge in [0.2, 0.25) is 0 Å². The Balaban J connectivity index is 2.51. The summed E-state index contributed by atoms with van der Waals surface area (Å²) in [5, 5.41) is -0.105. The number of pyridine rings is 1. The molecule has 132 valence electrons. The second kappa shape index (κ2) is 7.93. The molecule has 1 aromatic heterocycles.